The molecule has 0 radical (unpaired) electrons. The van der Waals surface area contributed by atoms with E-state index in [4.69, 9.17) is 14.5 Å². The van der Waals surface area contributed by atoms with Crippen molar-refractivity contribution in [2.24, 2.45) is 0 Å². The molecule has 0 amide bonds. The van der Waals surface area contributed by atoms with Crippen LogP contribution in [0.2, 0.25) is 0 Å². The summed E-state index contributed by atoms with van der Waals surface area (Å²) >= 11 is 0. The maximum Gasteiger partial charge on any atom is 0.140 e. The molecule has 5 rings (SSSR count). The Bertz CT molecular complexity index is 1280. The Labute approximate surface area is 205 Å². The van der Waals surface area contributed by atoms with E-state index >= 15 is 0 Å². The van der Waals surface area contributed by atoms with Gasteiger partial charge in [-0.1, -0.05) is 18.2 Å². The van der Waals surface area contributed by atoms with Crippen molar-refractivity contribution in [2.75, 3.05) is 58.5 Å². The quantitative estimate of drug-likeness (QED) is 0.372. The number of rotatable bonds is 9. The van der Waals surface area contributed by atoms with E-state index in [0.29, 0.717) is 19.3 Å². The van der Waals surface area contributed by atoms with Gasteiger partial charge in [0.15, 0.2) is 0 Å². The average Bonchev–Trinajstić information content (AvgIpc) is 3.32. The number of benzene rings is 1. The maximum atomic E-state index is 9.27. The zero-order chi connectivity index (χ0) is 24.2. The molecule has 1 saturated heterocycles. The highest BCUT2D eigenvalue weighted by atomic mass is 16.5. The van der Waals surface area contributed by atoms with Crippen LogP contribution < -0.4 is 9.64 Å². The topological polar surface area (TPSA) is 75.4 Å². The summed E-state index contributed by atoms with van der Waals surface area (Å²) in [5, 5.41) is 10.4. The van der Waals surface area contributed by atoms with Gasteiger partial charge in [-0.05, 0) is 38.1 Å². The minimum absolute atomic E-state index is 0.207. The lowest BCUT2D eigenvalue weighted by atomic mass is 10.0. The second-order valence-corrected chi connectivity index (χ2v) is 9.04. The molecule has 0 atom stereocenters. The van der Waals surface area contributed by atoms with Gasteiger partial charge in [0.1, 0.15) is 18.0 Å². The van der Waals surface area contributed by atoms with E-state index in [1.807, 2.05) is 28.9 Å². The standard InChI is InChI=1S/C27H33N5O3/c1-30(14-15-33)21-8-11-31(12-9-21)24-5-3-4-20-6-7-23(29-27(20)24)25-19-28-26-18-22(10-13-32(25)26)35-17-16-34-2/h3-7,10,13,18-19,21,33H,8-9,11-12,14-17H2,1-2H3. The molecule has 1 aliphatic rings. The summed E-state index contributed by atoms with van der Waals surface area (Å²) in [6.45, 7) is 3.94. The number of fused-ring (bicyclic) bond motifs is 2. The van der Waals surface area contributed by atoms with E-state index in [1.165, 1.54) is 5.69 Å². The first-order valence-corrected chi connectivity index (χ1v) is 12.2. The Morgan fingerprint density at radius 2 is 1.97 bits per heavy atom. The fourth-order valence-corrected chi connectivity index (χ4v) is 4.90. The molecule has 184 valence electrons. The Kier molecular flexibility index (Phi) is 7.13. The molecule has 1 aromatic carbocycles. The molecule has 1 N–H and O–H groups in total. The molecule has 0 saturated carbocycles. The van der Waals surface area contributed by atoms with Crippen molar-refractivity contribution in [3.63, 3.8) is 0 Å². The minimum Gasteiger partial charge on any atom is -0.491 e. The molecule has 3 aromatic heterocycles. The first-order valence-electron chi connectivity index (χ1n) is 12.2. The normalized spacial score (nSPS) is 14.9. The van der Waals surface area contributed by atoms with Crippen molar-refractivity contribution in [1.82, 2.24) is 19.3 Å². The zero-order valence-corrected chi connectivity index (χ0v) is 20.4. The van der Waals surface area contributed by atoms with E-state index in [2.05, 4.69) is 52.2 Å². The second kappa shape index (κ2) is 10.6. The van der Waals surface area contributed by atoms with Gasteiger partial charge in [-0.3, -0.25) is 4.40 Å². The number of aliphatic hydroxyl groups excluding tert-OH is 1. The predicted molar refractivity (Wildman–Crippen MR) is 138 cm³/mol. The van der Waals surface area contributed by atoms with Crippen LogP contribution >= 0.6 is 0 Å². The Balaban J connectivity index is 1.41. The summed E-state index contributed by atoms with van der Waals surface area (Å²) in [4.78, 5) is 14.4. The van der Waals surface area contributed by atoms with Crippen LogP contribution in [-0.2, 0) is 4.74 Å². The number of anilines is 1. The number of ether oxygens (including phenoxy) is 2. The highest BCUT2D eigenvalue weighted by Crippen LogP contribution is 2.31. The number of imidazole rings is 1. The van der Waals surface area contributed by atoms with Crippen molar-refractivity contribution < 1.29 is 14.6 Å². The number of pyridine rings is 2. The van der Waals surface area contributed by atoms with E-state index in [-0.39, 0.29) is 6.61 Å². The summed E-state index contributed by atoms with van der Waals surface area (Å²) in [6.07, 6.45) is 6.00. The van der Waals surface area contributed by atoms with Crippen LogP contribution in [0.3, 0.4) is 0 Å². The summed E-state index contributed by atoms with van der Waals surface area (Å²) in [6, 6.07) is 15.0. The summed E-state index contributed by atoms with van der Waals surface area (Å²) < 4.78 is 12.8. The number of hydrogen-bond donors (Lipinski definition) is 1. The van der Waals surface area contributed by atoms with Gasteiger partial charge >= 0.3 is 0 Å². The number of methoxy groups -OCH3 is 1. The molecule has 1 fully saturated rings. The molecule has 0 aliphatic carbocycles. The zero-order valence-electron chi connectivity index (χ0n) is 20.4. The van der Waals surface area contributed by atoms with Gasteiger partial charge in [0.25, 0.3) is 0 Å². The minimum atomic E-state index is 0.207. The Morgan fingerprint density at radius 3 is 2.77 bits per heavy atom. The van der Waals surface area contributed by atoms with Crippen molar-refractivity contribution in [3.05, 3.63) is 54.9 Å². The molecule has 0 spiro atoms. The number of piperidine rings is 1. The monoisotopic (exact) mass is 475 g/mol. The number of aliphatic hydroxyl groups is 1. The number of hydrogen-bond acceptors (Lipinski definition) is 7. The van der Waals surface area contributed by atoms with Crippen molar-refractivity contribution in [2.45, 2.75) is 18.9 Å². The summed E-state index contributed by atoms with van der Waals surface area (Å²) in [7, 11) is 3.77. The maximum absolute atomic E-state index is 9.27. The molecule has 4 heterocycles. The van der Waals surface area contributed by atoms with Crippen LogP contribution in [0.15, 0.2) is 54.9 Å². The van der Waals surface area contributed by atoms with Gasteiger partial charge in [-0.15, -0.1) is 0 Å². The van der Waals surface area contributed by atoms with E-state index in [9.17, 15) is 5.11 Å². The number of nitrogens with zero attached hydrogens (tertiary/aromatic N) is 5. The molecular formula is C27H33N5O3. The van der Waals surface area contributed by atoms with E-state index < -0.39 is 0 Å². The lowest BCUT2D eigenvalue weighted by molar-refractivity contribution is 0.146. The summed E-state index contributed by atoms with van der Waals surface area (Å²) in [5.41, 5.74) is 4.85. The molecule has 0 bridgehead atoms. The van der Waals surface area contributed by atoms with Crippen molar-refractivity contribution in [1.29, 1.82) is 0 Å². The van der Waals surface area contributed by atoms with Gasteiger partial charge < -0.3 is 24.4 Å². The second-order valence-electron chi connectivity index (χ2n) is 9.04. The highest BCUT2D eigenvalue weighted by Gasteiger charge is 2.23. The van der Waals surface area contributed by atoms with Crippen molar-refractivity contribution in [3.8, 4) is 17.1 Å². The average molecular weight is 476 g/mol. The lowest BCUT2D eigenvalue weighted by Gasteiger charge is -2.38. The Morgan fingerprint density at radius 1 is 1.11 bits per heavy atom. The largest absolute Gasteiger partial charge is 0.491 e. The smallest absolute Gasteiger partial charge is 0.140 e. The molecule has 8 heteroatoms. The van der Waals surface area contributed by atoms with Gasteiger partial charge in [-0.25, -0.2) is 9.97 Å². The number of aromatic nitrogens is 3. The third-order valence-corrected chi connectivity index (χ3v) is 6.88. The summed E-state index contributed by atoms with van der Waals surface area (Å²) in [5.74, 6) is 0.772. The highest BCUT2D eigenvalue weighted by molar-refractivity contribution is 5.92. The molecule has 35 heavy (non-hydrogen) atoms. The predicted octanol–water partition coefficient (Wildman–Crippen LogP) is 3.47. The molecule has 8 nitrogen and oxygen atoms in total. The van der Waals surface area contributed by atoms with Gasteiger partial charge in [0.2, 0.25) is 0 Å². The Hall–Kier alpha value is -3.20. The van der Waals surface area contributed by atoms with Crippen LogP contribution in [0.4, 0.5) is 5.69 Å². The van der Waals surface area contributed by atoms with Crippen LogP contribution in [0, 0.1) is 0 Å². The first-order chi connectivity index (χ1) is 17.2. The van der Waals surface area contributed by atoms with Crippen LogP contribution in [0.1, 0.15) is 12.8 Å². The molecular weight excluding hydrogens is 442 g/mol. The lowest BCUT2D eigenvalue weighted by Crippen LogP contribution is -2.44. The first kappa shape index (κ1) is 23.5. The molecule has 1 aliphatic heterocycles. The van der Waals surface area contributed by atoms with Gasteiger partial charge in [0.05, 0.1) is 42.0 Å². The SMILES string of the molecule is COCCOc1ccn2c(-c3ccc4cccc(N5CCC(N(C)CCO)CC5)c4n3)cnc2c1. The number of likely N-dealkylation sites (N-methyl/N-ethyl adjacent to an activating group) is 1. The van der Waals surface area contributed by atoms with Gasteiger partial charge in [0, 0.05) is 50.4 Å². The molecule has 4 aromatic rings. The number of para-hydroxylation sites is 1. The van der Waals surface area contributed by atoms with E-state index in [0.717, 1.165) is 66.2 Å². The van der Waals surface area contributed by atoms with Crippen LogP contribution in [0.5, 0.6) is 5.75 Å². The fraction of sp³-hybridized carbons (Fsp3) is 0.407. The third-order valence-electron chi connectivity index (χ3n) is 6.88. The molecule has 0 unspecified atom stereocenters. The van der Waals surface area contributed by atoms with Crippen LogP contribution in [-0.4, -0.2) is 84.0 Å². The van der Waals surface area contributed by atoms with Gasteiger partial charge in [-0.2, -0.15) is 0 Å². The van der Waals surface area contributed by atoms with Crippen molar-refractivity contribution >= 4 is 22.2 Å². The van der Waals surface area contributed by atoms with E-state index in [1.54, 1.807) is 7.11 Å². The van der Waals surface area contributed by atoms with Crippen LogP contribution in [0.25, 0.3) is 27.9 Å². The fourth-order valence-electron chi connectivity index (χ4n) is 4.90. The third kappa shape index (κ3) is 4.96.